The molecule has 15 heavy (non-hydrogen) atoms. The van der Waals surface area contributed by atoms with E-state index in [4.69, 9.17) is 10.5 Å². The summed E-state index contributed by atoms with van der Waals surface area (Å²) in [4.78, 5) is 11.4. The molecular formula is C11H24N2O2. The predicted molar refractivity (Wildman–Crippen MR) is 61.6 cm³/mol. The fourth-order valence-corrected chi connectivity index (χ4v) is 1.24. The lowest BCUT2D eigenvalue weighted by Crippen LogP contribution is -2.34. The molecule has 90 valence electrons. The average molecular weight is 216 g/mol. The molecule has 1 amide bonds. The molecule has 0 saturated heterocycles. The maximum atomic E-state index is 11.4. The molecule has 0 bridgehead atoms. The Labute approximate surface area is 92.6 Å². The topological polar surface area (TPSA) is 64.3 Å². The van der Waals surface area contributed by atoms with Crippen LogP contribution in [0.15, 0.2) is 0 Å². The maximum absolute atomic E-state index is 11.4. The van der Waals surface area contributed by atoms with Gasteiger partial charge in [-0.25, -0.2) is 0 Å². The van der Waals surface area contributed by atoms with Crippen LogP contribution in [-0.2, 0) is 9.53 Å². The standard InChI is InChI=1S/C11H24N2O2/c1-11(2,3)7-10(14)13-6-5-9(12)8-15-4/h9H,5-8,12H2,1-4H3,(H,13,14). The van der Waals surface area contributed by atoms with Gasteiger partial charge in [-0.05, 0) is 11.8 Å². The highest BCUT2D eigenvalue weighted by Crippen LogP contribution is 2.17. The van der Waals surface area contributed by atoms with E-state index in [1.165, 1.54) is 0 Å². The molecule has 0 aliphatic heterocycles. The summed E-state index contributed by atoms with van der Waals surface area (Å²) in [6.07, 6.45) is 1.30. The molecule has 0 spiro atoms. The number of hydrogen-bond donors (Lipinski definition) is 2. The highest BCUT2D eigenvalue weighted by Gasteiger charge is 2.15. The van der Waals surface area contributed by atoms with Gasteiger partial charge in [0.2, 0.25) is 5.91 Å². The quantitative estimate of drug-likeness (QED) is 0.693. The lowest BCUT2D eigenvalue weighted by molar-refractivity contribution is -0.122. The number of nitrogens with two attached hydrogens (primary N) is 1. The number of carbonyl (C=O) groups is 1. The monoisotopic (exact) mass is 216 g/mol. The normalized spacial score (nSPS) is 13.7. The Morgan fingerprint density at radius 3 is 2.53 bits per heavy atom. The van der Waals surface area contributed by atoms with Crippen molar-refractivity contribution in [1.82, 2.24) is 5.32 Å². The third kappa shape index (κ3) is 9.69. The lowest BCUT2D eigenvalue weighted by atomic mass is 9.92. The Balaban J connectivity index is 3.55. The second-order valence-corrected chi connectivity index (χ2v) is 5.09. The van der Waals surface area contributed by atoms with Crippen molar-refractivity contribution in [3.8, 4) is 0 Å². The summed E-state index contributed by atoms with van der Waals surface area (Å²) >= 11 is 0. The summed E-state index contributed by atoms with van der Waals surface area (Å²) in [5, 5.41) is 2.85. The fraction of sp³-hybridized carbons (Fsp3) is 0.909. The third-order valence-corrected chi connectivity index (χ3v) is 1.91. The van der Waals surface area contributed by atoms with Gasteiger partial charge in [0.1, 0.15) is 0 Å². The summed E-state index contributed by atoms with van der Waals surface area (Å²) in [7, 11) is 1.62. The molecule has 1 unspecified atom stereocenters. The Kier molecular flexibility index (Phi) is 6.52. The minimum absolute atomic E-state index is 0.00457. The van der Waals surface area contributed by atoms with Crippen LogP contribution in [-0.4, -0.2) is 32.2 Å². The smallest absolute Gasteiger partial charge is 0.220 e. The van der Waals surface area contributed by atoms with Gasteiger partial charge >= 0.3 is 0 Å². The van der Waals surface area contributed by atoms with Crippen molar-refractivity contribution >= 4 is 5.91 Å². The summed E-state index contributed by atoms with van der Waals surface area (Å²) < 4.78 is 4.90. The van der Waals surface area contributed by atoms with E-state index >= 15 is 0 Å². The van der Waals surface area contributed by atoms with Crippen molar-refractivity contribution in [3.63, 3.8) is 0 Å². The lowest BCUT2D eigenvalue weighted by Gasteiger charge is -2.17. The summed E-state index contributed by atoms with van der Waals surface area (Å²) in [6, 6.07) is 0.00457. The molecule has 0 saturated carbocycles. The van der Waals surface area contributed by atoms with Gasteiger partial charge in [-0.3, -0.25) is 4.79 Å². The van der Waals surface area contributed by atoms with Crippen molar-refractivity contribution in [2.24, 2.45) is 11.1 Å². The minimum Gasteiger partial charge on any atom is -0.383 e. The Morgan fingerprint density at radius 1 is 1.47 bits per heavy atom. The molecule has 4 heteroatoms. The van der Waals surface area contributed by atoms with Crippen LogP contribution in [0.5, 0.6) is 0 Å². The van der Waals surface area contributed by atoms with Gasteiger partial charge in [0.25, 0.3) is 0 Å². The molecule has 0 radical (unpaired) electrons. The SMILES string of the molecule is COCC(N)CCNC(=O)CC(C)(C)C. The van der Waals surface area contributed by atoms with Crippen molar-refractivity contribution in [2.45, 2.75) is 39.7 Å². The van der Waals surface area contributed by atoms with E-state index in [1.54, 1.807) is 7.11 Å². The van der Waals surface area contributed by atoms with Gasteiger partial charge in [0, 0.05) is 26.1 Å². The zero-order chi connectivity index (χ0) is 11.9. The predicted octanol–water partition coefficient (Wildman–Crippen LogP) is 0.903. The first-order chi connectivity index (χ1) is 6.85. The first kappa shape index (κ1) is 14.4. The van der Waals surface area contributed by atoms with E-state index in [2.05, 4.69) is 5.32 Å². The molecule has 0 aromatic heterocycles. The van der Waals surface area contributed by atoms with Gasteiger partial charge in [-0.2, -0.15) is 0 Å². The average Bonchev–Trinajstić information content (AvgIpc) is 2.00. The Bertz CT molecular complexity index is 188. The van der Waals surface area contributed by atoms with Crippen molar-refractivity contribution < 1.29 is 9.53 Å². The van der Waals surface area contributed by atoms with Gasteiger partial charge < -0.3 is 15.8 Å². The Morgan fingerprint density at radius 2 is 2.07 bits per heavy atom. The summed E-state index contributed by atoms with van der Waals surface area (Å²) in [5.74, 6) is 0.0899. The van der Waals surface area contributed by atoms with Crippen LogP contribution in [0.3, 0.4) is 0 Å². The number of ether oxygens (including phenoxy) is 1. The molecule has 0 aliphatic carbocycles. The highest BCUT2D eigenvalue weighted by atomic mass is 16.5. The summed E-state index contributed by atoms with van der Waals surface area (Å²) in [5.41, 5.74) is 5.76. The molecule has 0 aromatic rings. The van der Waals surface area contributed by atoms with E-state index in [9.17, 15) is 4.79 Å². The Hall–Kier alpha value is -0.610. The number of methoxy groups -OCH3 is 1. The molecule has 0 aromatic carbocycles. The van der Waals surface area contributed by atoms with Crippen LogP contribution in [0, 0.1) is 5.41 Å². The number of nitrogens with one attached hydrogen (secondary N) is 1. The van der Waals surface area contributed by atoms with Crippen molar-refractivity contribution in [1.29, 1.82) is 0 Å². The molecule has 4 nitrogen and oxygen atoms in total. The first-order valence-electron chi connectivity index (χ1n) is 5.36. The fourth-order valence-electron chi connectivity index (χ4n) is 1.24. The van der Waals surface area contributed by atoms with Gasteiger partial charge in [-0.1, -0.05) is 20.8 Å². The van der Waals surface area contributed by atoms with E-state index in [1.807, 2.05) is 20.8 Å². The minimum atomic E-state index is 0.00457. The maximum Gasteiger partial charge on any atom is 0.220 e. The molecule has 0 heterocycles. The van der Waals surface area contributed by atoms with Crippen LogP contribution in [0.1, 0.15) is 33.6 Å². The zero-order valence-electron chi connectivity index (χ0n) is 10.3. The number of rotatable bonds is 6. The molecule has 0 rings (SSSR count). The number of amides is 1. The van der Waals surface area contributed by atoms with Crippen molar-refractivity contribution in [2.75, 3.05) is 20.3 Å². The van der Waals surface area contributed by atoms with Crippen LogP contribution < -0.4 is 11.1 Å². The molecule has 3 N–H and O–H groups in total. The van der Waals surface area contributed by atoms with Crippen LogP contribution in [0.2, 0.25) is 0 Å². The third-order valence-electron chi connectivity index (χ3n) is 1.91. The molecule has 1 atom stereocenters. The first-order valence-corrected chi connectivity index (χ1v) is 5.36. The zero-order valence-corrected chi connectivity index (χ0v) is 10.3. The van der Waals surface area contributed by atoms with Crippen molar-refractivity contribution in [3.05, 3.63) is 0 Å². The van der Waals surface area contributed by atoms with E-state index in [-0.39, 0.29) is 17.4 Å². The molecule has 0 aliphatic rings. The number of carbonyl (C=O) groups excluding carboxylic acids is 1. The van der Waals surface area contributed by atoms with E-state index < -0.39 is 0 Å². The van der Waals surface area contributed by atoms with Crippen LogP contribution in [0.4, 0.5) is 0 Å². The second-order valence-electron chi connectivity index (χ2n) is 5.09. The second kappa shape index (κ2) is 6.80. The van der Waals surface area contributed by atoms with Gasteiger partial charge in [-0.15, -0.1) is 0 Å². The highest BCUT2D eigenvalue weighted by molar-refractivity contribution is 5.76. The number of hydrogen-bond acceptors (Lipinski definition) is 3. The van der Waals surface area contributed by atoms with E-state index in [0.717, 1.165) is 6.42 Å². The summed E-state index contributed by atoms with van der Waals surface area (Å²) in [6.45, 7) is 7.30. The van der Waals surface area contributed by atoms with Crippen LogP contribution in [0.25, 0.3) is 0 Å². The largest absolute Gasteiger partial charge is 0.383 e. The van der Waals surface area contributed by atoms with E-state index in [0.29, 0.717) is 19.6 Å². The van der Waals surface area contributed by atoms with Crippen LogP contribution >= 0.6 is 0 Å². The van der Waals surface area contributed by atoms with Gasteiger partial charge in [0.05, 0.1) is 6.61 Å². The molecule has 0 fully saturated rings. The molecular weight excluding hydrogens is 192 g/mol. The van der Waals surface area contributed by atoms with Gasteiger partial charge in [0.15, 0.2) is 0 Å².